The molecule has 0 radical (unpaired) electrons. The smallest absolute Gasteiger partial charge is 0.191 e. The van der Waals surface area contributed by atoms with Gasteiger partial charge in [-0.1, -0.05) is 30.3 Å². The highest BCUT2D eigenvalue weighted by Gasteiger charge is 2.04. The summed E-state index contributed by atoms with van der Waals surface area (Å²) in [7, 11) is 0.864. The summed E-state index contributed by atoms with van der Waals surface area (Å²) < 4.78 is 12.1. The number of nitrogens with one attached hydrogen (secondary N) is 2. The average Bonchev–Trinajstić information content (AvgIpc) is 2.99. The molecule has 0 aliphatic rings. The first-order chi connectivity index (χ1) is 11.7. The predicted octanol–water partition coefficient (Wildman–Crippen LogP) is 2.73. The zero-order valence-electron chi connectivity index (χ0n) is 14.5. The monoisotopic (exact) mass is 492 g/mol. The summed E-state index contributed by atoms with van der Waals surface area (Å²) >= 11 is 1.72. The van der Waals surface area contributed by atoms with Crippen LogP contribution in [0.15, 0.2) is 41.5 Å². The minimum absolute atomic E-state index is 0. The van der Waals surface area contributed by atoms with Crippen molar-refractivity contribution < 1.29 is 4.21 Å². The second kappa shape index (κ2) is 12.4. The SMILES string of the molecule is CN=C(NCCc1ncc(C)s1)NCCS(=O)Cc1ccccc1.I. The lowest BCUT2D eigenvalue weighted by Gasteiger charge is -2.11. The Morgan fingerprint density at radius 1 is 1.24 bits per heavy atom. The second-order valence-electron chi connectivity index (χ2n) is 5.31. The summed E-state index contributed by atoms with van der Waals surface area (Å²) in [6.07, 6.45) is 2.77. The van der Waals surface area contributed by atoms with E-state index in [1.165, 1.54) is 4.88 Å². The molecule has 0 fully saturated rings. The first-order valence-electron chi connectivity index (χ1n) is 7.92. The van der Waals surface area contributed by atoms with Crippen LogP contribution in [-0.2, 0) is 23.0 Å². The van der Waals surface area contributed by atoms with Crippen LogP contribution in [0, 0.1) is 6.92 Å². The Morgan fingerprint density at radius 3 is 2.60 bits per heavy atom. The van der Waals surface area contributed by atoms with E-state index in [2.05, 4.69) is 27.5 Å². The molecule has 0 saturated heterocycles. The van der Waals surface area contributed by atoms with Crippen molar-refractivity contribution in [2.75, 3.05) is 25.9 Å². The van der Waals surface area contributed by atoms with Gasteiger partial charge in [0.25, 0.3) is 0 Å². The summed E-state index contributed by atoms with van der Waals surface area (Å²) in [5.74, 6) is 1.93. The number of aryl methyl sites for hydroxylation is 1. The van der Waals surface area contributed by atoms with Crippen LogP contribution in [0.5, 0.6) is 0 Å². The molecule has 1 aromatic carbocycles. The molecule has 0 saturated carbocycles. The summed E-state index contributed by atoms with van der Waals surface area (Å²) in [6, 6.07) is 9.93. The Hall–Kier alpha value is -1.000. The van der Waals surface area contributed by atoms with Crippen molar-refractivity contribution in [2.24, 2.45) is 4.99 Å². The van der Waals surface area contributed by atoms with Crippen LogP contribution in [0.2, 0.25) is 0 Å². The maximum atomic E-state index is 12.1. The van der Waals surface area contributed by atoms with Crippen LogP contribution in [0.25, 0.3) is 0 Å². The molecule has 0 aliphatic heterocycles. The molecule has 25 heavy (non-hydrogen) atoms. The van der Waals surface area contributed by atoms with E-state index in [1.807, 2.05) is 36.5 Å². The van der Waals surface area contributed by atoms with Gasteiger partial charge in [0.05, 0.1) is 5.01 Å². The van der Waals surface area contributed by atoms with Gasteiger partial charge < -0.3 is 10.6 Å². The maximum Gasteiger partial charge on any atom is 0.191 e. The normalized spacial score (nSPS) is 12.3. The minimum atomic E-state index is -0.876. The fourth-order valence-electron chi connectivity index (χ4n) is 2.14. The summed E-state index contributed by atoms with van der Waals surface area (Å²) in [5, 5.41) is 7.59. The van der Waals surface area contributed by atoms with Gasteiger partial charge in [-0.15, -0.1) is 35.3 Å². The molecule has 2 aromatic rings. The quantitative estimate of drug-likeness (QED) is 0.338. The lowest BCUT2D eigenvalue weighted by molar-refractivity contribution is 0.680. The third-order valence-corrected chi connectivity index (χ3v) is 5.60. The Balaban J connectivity index is 0.00000312. The molecule has 138 valence electrons. The fraction of sp³-hybridized carbons (Fsp3) is 0.412. The predicted molar refractivity (Wildman–Crippen MR) is 118 cm³/mol. The number of guanidine groups is 1. The second-order valence-corrected chi connectivity index (χ2v) is 8.21. The lowest BCUT2D eigenvalue weighted by Crippen LogP contribution is -2.40. The molecule has 0 aliphatic carbocycles. The molecule has 0 amide bonds. The van der Waals surface area contributed by atoms with E-state index in [4.69, 9.17) is 0 Å². The Bertz CT molecular complexity index is 676. The van der Waals surface area contributed by atoms with Gasteiger partial charge in [-0.25, -0.2) is 4.98 Å². The molecular weight excluding hydrogens is 467 g/mol. The van der Waals surface area contributed by atoms with Crippen molar-refractivity contribution in [3.63, 3.8) is 0 Å². The highest BCUT2D eigenvalue weighted by molar-refractivity contribution is 14.0. The number of aliphatic imine (C=N–C) groups is 1. The van der Waals surface area contributed by atoms with E-state index in [-0.39, 0.29) is 24.0 Å². The van der Waals surface area contributed by atoms with E-state index in [9.17, 15) is 4.21 Å². The molecule has 1 unspecified atom stereocenters. The third kappa shape index (κ3) is 8.77. The van der Waals surface area contributed by atoms with Crippen LogP contribution in [0.1, 0.15) is 15.4 Å². The number of thiazole rings is 1. The average molecular weight is 492 g/mol. The first-order valence-corrected chi connectivity index (χ1v) is 10.2. The number of rotatable bonds is 8. The standard InChI is InChI=1S/C17H24N4OS2.HI/c1-14-12-21-16(23-14)8-9-19-17(18-2)20-10-11-24(22)13-15-6-4-3-5-7-15;/h3-7,12H,8-11,13H2,1-2H3,(H2,18,19,20);1H. The summed E-state index contributed by atoms with van der Waals surface area (Å²) in [6.45, 7) is 3.47. The topological polar surface area (TPSA) is 66.4 Å². The molecular formula is C17H25IN4OS2. The van der Waals surface area contributed by atoms with E-state index < -0.39 is 10.8 Å². The van der Waals surface area contributed by atoms with E-state index >= 15 is 0 Å². The third-order valence-electron chi connectivity index (χ3n) is 3.32. The van der Waals surface area contributed by atoms with E-state index in [1.54, 1.807) is 18.4 Å². The lowest BCUT2D eigenvalue weighted by atomic mass is 10.2. The number of hydrogen-bond donors (Lipinski definition) is 2. The molecule has 0 bridgehead atoms. The number of hydrogen-bond acceptors (Lipinski definition) is 4. The number of benzene rings is 1. The van der Waals surface area contributed by atoms with Gasteiger partial charge in [-0.05, 0) is 12.5 Å². The molecule has 5 nitrogen and oxygen atoms in total. The Kier molecular flexibility index (Phi) is 10.9. The highest BCUT2D eigenvalue weighted by Crippen LogP contribution is 2.10. The van der Waals surface area contributed by atoms with Crippen molar-refractivity contribution >= 4 is 52.1 Å². The molecule has 2 rings (SSSR count). The molecule has 8 heteroatoms. The maximum absolute atomic E-state index is 12.1. The highest BCUT2D eigenvalue weighted by atomic mass is 127. The minimum Gasteiger partial charge on any atom is -0.356 e. The summed E-state index contributed by atoms with van der Waals surface area (Å²) in [5.41, 5.74) is 1.11. The van der Waals surface area contributed by atoms with Crippen molar-refractivity contribution in [1.29, 1.82) is 0 Å². The van der Waals surface area contributed by atoms with E-state index in [0.29, 0.717) is 18.1 Å². The van der Waals surface area contributed by atoms with Crippen LogP contribution in [-0.4, -0.2) is 41.0 Å². The number of nitrogens with zero attached hydrogens (tertiary/aromatic N) is 2. The van der Waals surface area contributed by atoms with Crippen LogP contribution >= 0.6 is 35.3 Å². The molecule has 1 atom stereocenters. The molecule has 2 N–H and O–H groups in total. The van der Waals surface area contributed by atoms with Gasteiger partial charge >= 0.3 is 0 Å². The van der Waals surface area contributed by atoms with Crippen LogP contribution in [0.3, 0.4) is 0 Å². The van der Waals surface area contributed by atoms with Gasteiger partial charge in [-0.3, -0.25) is 9.20 Å². The zero-order chi connectivity index (χ0) is 17.2. The van der Waals surface area contributed by atoms with Gasteiger partial charge in [-0.2, -0.15) is 0 Å². The van der Waals surface area contributed by atoms with Crippen molar-refractivity contribution in [1.82, 2.24) is 15.6 Å². The van der Waals surface area contributed by atoms with Gasteiger partial charge in [0.1, 0.15) is 0 Å². The van der Waals surface area contributed by atoms with Gasteiger partial charge in [0, 0.05) is 59.9 Å². The van der Waals surface area contributed by atoms with Crippen molar-refractivity contribution in [3.05, 3.63) is 52.0 Å². The van der Waals surface area contributed by atoms with Crippen molar-refractivity contribution in [3.8, 4) is 0 Å². The first kappa shape index (κ1) is 22.0. The van der Waals surface area contributed by atoms with Crippen molar-refractivity contribution in [2.45, 2.75) is 19.1 Å². The largest absolute Gasteiger partial charge is 0.356 e. The summed E-state index contributed by atoms with van der Waals surface area (Å²) in [4.78, 5) is 9.76. The van der Waals surface area contributed by atoms with Gasteiger partial charge in [0.15, 0.2) is 5.96 Å². The van der Waals surface area contributed by atoms with Crippen LogP contribution in [0.4, 0.5) is 0 Å². The molecule has 0 spiro atoms. The van der Waals surface area contributed by atoms with Gasteiger partial charge in [0.2, 0.25) is 0 Å². The molecule has 1 aromatic heterocycles. The van der Waals surface area contributed by atoms with E-state index in [0.717, 1.165) is 29.5 Å². The fourth-order valence-corrected chi connectivity index (χ4v) is 3.97. The Morgan fingerprint density at radius 2 is 1.96 bits per heavy atom. The zero-order valence-corrected chi connectivity index (χ0v) is 18.5. The van der Waals surface area contributed by atoms with Crippen LogP contribution < -0.4 is 10.6 Å². The number of aromatic nitrogens is 1. The molecule has 1 heterocycles. The Labute approximate surface area is 173 Å². The number of halogens is 1.